The van der Waals surface area contributed by atoms with Crippen molar-refractivity contribution in [2.24, 2.45) is 0 Å². The van der Waals surface area contributed by atoms with Crippen molar-refractivity contribution in [1.29, 1.82) is 0 Å². The van der Waals surface area contributed by atoms with Crippen molar-refractivity contribution in [1.82, 2.24) is 9.88 Å². The lowest BCUT2D eigenvalue weighted by Gasteiger charge is -2.37. The second-order valence-electron chi connectivity index (χ2n) is 7.95. The van der Waals surface area contributed by atoms with E-state index in [1.165, 1.54) is 6.07 Å². The summed E-state index contributed by atoms with van der Waals surface area (Å²) >= 11 is 0. The average Bonchev–Trinajstić information content (AvgIpc) is 3.03. The van der Waals surface area contributed by atoms with Crippen LogP contribution in [0.1, 0.15) is 77.6 Å². The number of hydrogen-bond acceptors (Lipinski definition) is 5. The first-order valence-corrected chi connectivity index (χ1v) is 9.43. The Bertz CT molecular complexity index is 896. The number of aryl methyl sites for hydroxylation is 1. The van der Waals surface area contributed by atoms with Gasteiger partial charge >= 0.3 is 5.97 Å². The van der Waals surface area contributed by atoms with Crippen LogP contribution < -0.4 is 0 Å². The van der Waals surface area contributed by atoms with Crippen molar-refractivity contribution >= 4 is 11.9 Å². The van der Waals surface area contributed by atoms with Crippen molar-refractivity contribution < 1.29 is 24.2 Å². The van der Waals surface area contributed by atoms with Crippen molar-refractivity contribution in [2.45, 2.75) is 58.1 Å². The van der Waals surface area contributed by atoms with Crippen LogP contribution in [0, 0.1) is 6.92 Å². The maximum atomic E-state index is 13.1. The molecule has 1 amide bonds. The lowest BCUT2D eigenvalue weighted by atomic mass is 9.92. The van der Waals surface area contributed by atoms with E-state index >= 15 is 0 Å². The average molecular weight is 386 g/mol. The number of benzene rings is 1. The molecule has 1 saturated heterocycles. The zero-order valence-corrected chi connectivity index (χ0v) is 16.6. The zero-order valence-electron chi connectivity index (χ0n) is 16.6. The van der Waals surface area contributed by atoms with Gasteiger partial charge in [0.15, 0.2) is 5.89 Å². The number of nitrogens with zero attached hydrogens (tertiary/aromatic N) is 2. The van der Waals surface area contributed by atoms with E-state index in [0.29, 0.717) is 23.9 Å². The second kappa shape index (κ2) is 7.39. The van der Waals surface area contributed by atoms with Crippen molar-refractivity contribution in [3.8, 4) is 0 Å². The van der Waals surface area contributed by atoms with Gasteiger partial charge in [0.25, 0.3) is 5.91 Å². The van der Waals surface area contributed by atoms with Gasteiger partial charge in [0.05, 0.1) is 17.0 Å². The van der Waals surface area contributed by atoms with Crippen LogP contribution in [0.5, 0.6) is 0 Å². The topological polar surface area (TPSA) is 104 Å². The monoisotopic (exact) mass is 386 g/mol. The first-order chi connectivity index (χ1) is 13.1. The highest BCUT2D eigenvalue weighted by Crippen LogP contribution is 2.33. The third-order valence-electron chi connectivity index (χ3n) is 5.27. The van der Waals surface area contributed by atoms with E-state index < -0.39 is 11.6 Å². The maximum Gasteiger partial charge on any atom is 0.336 e. The van der Waals surface area contributed by atoms with E-state index in [-0.39, 0.29) is 29.0 Å². The highest BCUT2D eigenvalue weighted by atomic mass is 16.4. The summed E-state index contributed by atoms with van der Waals surface area (Å²) in [6.45, 7) is 7.42. The first-order valence-electron chi connectivity index (χ1n) is 9.43. The van der Waals surface area contributed by atoms with Gasteiger partial charge in [0.1, 0.15) is 17.1 Å². The molecule has 0 spiro atoms. The van der Waals surface area contributed by atoms with E-state index in [9.17, 15) is 19.8 Å². The molecule has 2 N–H and O–H groups in total. The maximum absolute atomic E-state index is 13.1. The highest BCUT2D eigenvalue weighted by Gasteiger charge is 2.35. The molecule has 0 aliphatic carbocycles. The molecule has 1 aromatic carbocycles. The Balaban J connectivity index is 1.88. The number of rotatable bonds is 4. The molecule has 150 valence electrons. The summed E-state index contributed by atoms with van der Waals surface area (Å²) in [5, 5.41) is 19.7. The number of amides is 1. The predicted molar refractivity (Wildman–Crippen MR) is 102 cm³/mol. The molecule has 0 radical (unpaired) electrons. The number of aliphatic hydroxyl groups is 1. The molecule has 0 bridgehead atoms. The van der Waals surface area contributed by atoms with Gasteiger partial charge in [0.2, 0.25) is 0 Å². The van der Waals surface area contributed by atoms with Crippen molar-refractivity contribution in [3.05, 3.63) is 52.7 Å². The van der Waals surface area contributed by atoms with E-state index in [4.69, 9.17) is 4.42 Å². The molecule has 7 nitrogen and oxygen atoms in total. The van der Waals surface area contributed by atoms with Gasteiger partial charge in [-0.15, -0.1) is 0 Å². The minimum atomic E-state index is -1.12. The van der Waals surface area contributed by atoms with E-state index in [0.717, 1.165) is 12.8 Å². The molecule has 0 unspecified atom stereocenters. The predicted octanol–water partition coefficient (Wildman–Crippen LogP) is 3.32. The quantitative estimate of drug-likeness (QED) is 0.835. The van der Waals surface area contributed by atoms with Gasteiger partial charge in [-0.3, -0.25) is 4.79 Å². The van der Waals surface area contributed by atoms with Crippen LogP contribution in [0.25, 0.3) is 0 Å². The Labute approximate surface area is 164 Å². The summed E-state index contributed by atoms with van der Waals surface area (Å²) in [4.78, 5) is 30.8. The summed E-state index contributed by atoms with van der Waals surface area (Å²) in [6.07, 6.45) is 1.56. The third-order valence-corrected chi connectivity index (χ3v) is 5.27. The van der Waals surface area contributed by atoms with E-state index in [2.05, 4.69) is 4.98 Å². The minimum Gasteiger partial charge on any atom is -0.478 e. The van der Waals surface area contributed by atoms with Crippen molar-refractivity contribution in [3.63, 3.8) is 0 Å². The fraction of sp³-hybridized carbons (Fsp3) is 0.476. The van der Waals surface area contributed by atoms with Gasteiger partial charge in [0, 0.05) is 12.6 Å². The SMILES string of the molecule is Cc1oc([C@@H]2CC[C@@H](C)N(C(=O)c3ccccc3C(=O)O)C2)nc1C(C)(C)O. The summed E-state index contributed by atoms with van der Waals surface area (Å²) < 4.78 is 5.81. The van der Waals surface area contributed by atoms with Gasteiger partial charge in [-0.2, -0.15) is 0 Å². The molecular formula is C21H26N2O5. The number of aromatic nitrogens is 1. The van der Waals surface area contributed by atoms with Crippen LogP contribution in [0.4, 0.5) is 0 Å². The Morgan fingerprint density at radius 2 is 1.86 bits per heavy atom. The number of hydrogen-bond donors (Lipinski definition) is 2. The van der Waals surface area contributed by atoms with E-state index in [1.54, 1.807) is 43.9 Å². The van der Waals surface area contributed by atoms with Gasteiger partial charge < -0.3 is 19.5 Å². The molecule has 1 aromatic heterocycles. The van der Waals surface area contributed by atoms with Gasteiger partial charge in [-0.25, -0.2) is 9.78 Å². The number of carboxylic acid groups (broad SMARTS) is 1. The number of carbonyl (C=O) groups is 2. The molecule has 1 aliphatic rings. The standard InChI is InChI=1S/C21H26N2O5/c1-12-9-10-14(18-22-17(13(2)28-18)21(3,4)27)11-23(12)19(24)15-7-5-6-8-16(15)20(25)26/h5-8,12,14,27H,9-11H2,1-4H3,(H,25,26)/t12-,14-/m1/s1. The Morgan fingerprint density at radius 3 is 2.43 bits per heavy atom. The molecule has 7 heteroatoms. The molecule has 0 saturated carbocycles. The number of carboxylic acids is 1. The lowest BCUT2D eigenvalue weighted by Crippen LogP contribution is -2.45. The van der Waals surface area contributed by atoms with E-state index in [1.807, 2.05) is 6.92 Å². The molecule has 3 rings (SSSR count). The Kier molecular flexibility index (Phi) is 5.30. The molecule has 2 atom stereocenters. The highest BCUT2D eigenvalue weighted by molar-refractivity contribution is 6.04. The Hall–Kier alpha value is -2.67. The summed E-state index contributed by atoms with van der Waals surface area (Å²) in [5.74, 6) is -0.461. The molecule has 1 aliphatic heterocycles. The van der Waals surface area contributed by atoms with Crippen LogP contribution in [0.2, 0.25) is 0 Å². The minimum absolute atomic E-state index is 0.00175. The lowest BCUT2D eigenvalue weighted by molar-refractivity contribution is 0.0579. The largest absolute Gasteiger partial charge is 0.478 e. The number of likely N-dealkylation sites (tertiary alicyclic amines) is 1. The zero-order chi connectivity index (χ0) is 20.6. The summed E-state index contributed by atoms with van der Waals surface area (Å²) in [6, 6.07) is 6.24. The Morgan fingerprint density at radius 1 is 1.21 bits per heavy atom. The van der Waals surface area contributed by atoms with Crippen LogP contribution in [0.3, 0.4) is 0 Å². The molecule has 2 heterocycles. The fourth-order valence-electron chi connectivity index (χ4n) is 3.76. The first kappa shape index (κ1) is 20.1. The smallest absolute Gasteiger partial charge is 0.336 e. The van der Waals surface area contributed by atoms with Crippen LogP contribution in [-0.4, -0.2) is 44.6 Å². The third kappa shape index (κ3) is 3.80. The van der Waals surface area contributed by atoms with Crippen LogP contribution >= 0.6 is 0 Å². The number of aromatic carboxylic acids is 1. The molecular weight excluding hydrogens is 360 g/mol. The summed E-state index contributed by atoms with van der Waals surface area (Å²) in [5.41, 5.74) is -0.430. The fourth-order valence-corrected chi connectivity index (χ4v) is 3.76. The van der Waals surface area contributed by atoms with Gasteiger partial charge in [-0.1, -0.05) is 12.1 Å². The number of piperidine rings is 1. The van der Waals surface area contributed by atoms with Crippen molar-refractivity contribution in [2.75, 3.05) is 6.54 Å². The van der Waals surface area contributed by atoms with Crippen LogP contribution in [-0.2, 0) is 5.60 Å². The van der Waals surface area contributed by atoms with Crippen LogP contribution in [0.15, 0.2) is 28.7 Å². The molecule has 28 heavy (non-hydrogen) atoms. The van der Waals surface area contributed by atoms with Gasteiger partial charge in [-0.05, 0) is 52.7 Å². The second-order valence-corrected chi connectivity index (χ2v) is 7.95. The normalized spacial score (nSPS) is 20.2. The molecule has 1 fully saturated rings. The summed E-state index contributed by atoms with van der Waals surface area (Å²) in [7, 11) is 0. The number of carbonyl (C=O) groups excluding carboxylic acids is 1. The number of oxazole rings is 1. The molecule has 2 aromatic rings.